The molecule has 4 heteroatoms. The van der Waals surface area contributed by atoms with Gasteiger partial charge in [-0.05, 0) is 30.2 Å². The van der Waals surface area contributed by atoms with Gasteiger partial charge >= 0.3 is 5.97 Å². The van der Waals surface area contributed by atoms with Crippen molar-refractivity contribution in [3.63, 3.8) is 0 Å². The fourth-order valence-electron chi connectivity index (χ4n) is 1.97. The van der Waals surface area contributed by atoms with Crippen molar-refractivity contribution in [2.24, 2.45) is 0 Å². The molecule has 3 nitrogen and oxygen atoms in total. The van der Waals surface area contributed by atoms with Crippen LogP contribution in [0.1, 0.15) is 27.0 Å². The maximum absolute atomic E-state index is 12.1. The average molecular weight is 288 g/mol. The smallest absolute Gasteiger partial charge is 0.335 e. The van der Waals surface area contributed by atoms with E-state index >= 15 is 0 Å². The molecule has 0 aromatic heterocycles. The van der Waals surface area contributed by atoms with E-state index in [0.29, 0.717) is 11.5 Å². The highest BCUT2D eigenvalue weighted by atomic mass is 32.2. The van der Waals surface area contributed by atoms with Crippen LogP contribution in [0.15, 0.2) is 48.5 Å². The highest BCUT2D eigenvalue weighted by molar-refractivity contribution is 7.83. The molecule has 1 atom stereocenters. The van der Waals surface area contributed by atoms with Gasteiger partial charge < -0.3 is 5.11 Å². The van der Waals surface area contributed by atoms with Crippen molar-refractivity contribution in [2.75, 3.05) is 0 Å². The third-order valence-corrected chi connectivity index (χ3v) is 4.25. The van der Waals surface area contributed by atoms with Crippen LogP contribution in [-0.2, 0) is 22.3 Å². The van der Waals surface area contributed by atoms with Gasteiger partial charge in [0.25, 0.3) is 0 Å². The van der Waals surface area contributed by atoms with Gasteiger partial charge in [-0.3, -0.25) is 4.21 Å². The van der Waals surface area contributed by atoms with E-state index in [-0.39, 0.29) is 5.56 Å². The van der Waals surface area contributed by atoms with E-state index in [1.54, 1.807) is 24.3 Å². The summed E-state index contributed by atoms with van der Waals surface area (Å²) in [5.74, 6) is 0.00775. The van der Waals surface area contributed by atoms with Gasteiger partial charge in [0.15, 0.2) is 0 Å². The Morgan fingerprint density at radius 3 is 2.30 bits per heavy atom. The zero-order chi connectivity index (χ0) is 14.5. The molecule has 0 radical (unpaired) electrons. The number of rotatable bonds is 5. The number of benzene rings is 2. The number of carbonyl (C=O) groups is 1. The molecule has 1 unspecified atom stereocenters. The number of carboxylic acid groups (broad SMARTS) is 1. The van der Waals surface area contributed by atoms with Crippen LogP contribution in [0.4, 0.5) is 0 Å². The minimum atomic E-state index is -0.995. The summed E-state index contributed by atoms with van der Waals surface area (Å²) in [6.45, 7) is 2.01. The molecule has 0 spiro atoms. The fraction of sp³-hybridized carbons (Fsp3) is 0.188. The number of aryl methyl sites for hydroxylation is 1. The maximum atomic E-state index is 12.1. The van der Waals surface area contributed by atoms with Gasteiger partial charge in [0.2, 0.25) is 0 Å². The molecule has 0 saturated heterocycles. The molecule has 20 heavy (non-hydrogen) atoms. The summed E-state index contributed by atoms with van der Waals surface area (Å²) in [6, 6.07) is 14.5. The standard InChI is InChI=1S/C16H16O3S/c1-12-3-2-4-14(9-12)11-20(19)10-13-5-7-15(8-6-13)16(17)18/h2-9H,10-11H2,1H3,(H,17,18). The van der Waals surface area contributed by atoms with Crippen molar-refractivity contribution in [1.29, 1.82) is 0 Å². The quantitative estimate of drug-likeness (QED) is 0.919. The summed E-state index contributed by atoms with van der Waals surface area (Å²) in [5, 5.41) is 8.82. The first kappa shape index (κ1) is 14.5. The molecule has 0 heterocycles. The van der Waals surface area contributed by atoms with Crippen LogP contribution in [0, 0.1) is 6.92 Å². The topological polar surface area (TPSA) is 54.4 Å². The lowest BCUT2D eigenvalue weighted by molar-refractivity contribution is 0.0697. The summed E-state index contributed by atoms with van der Waals surface area (Å²) in [7, 11) is -0.995. The molecule has 0 bridgehead atoms. The molecule has 1 N–H and O–H groups in total. The largest absolute Gasteiger partial charge is 0.478 e. The van der Waals surface area contributed by atoms with Crippen molar-refractivity contribution in [2.45, 2.75) is 18.4 Å². The monoisotopic (exact) mass is 288 g/mol. The highest BCUT2D eigenvalue weighted by Gasteiger charge is 2.06. The Hall–Kier alpha value is -1.94. The minimum Gasteiger partial charge on any atom is -0.478 e. The van der Waals surface area contributed by atoms with Crippen LogP contribution >= 0.6 is 0 Å². The Morgan fingerprint density at radius 2 is 1.70 bits per heavy atom. The summed E-state index contributed by atoms with van der Waals surface area (Å²) in [6.07, 6.45) is 0. The third-order valence-electron chi connectivity index (χ3n) is 2.94. The molecule has 104 valence electrons. The molecule has 0 aliphatic heterocycles. The third kappa shape index (κ3) is 4.03. The van der Waals surface area contributed by atoms with E-state index < -0.39 is 16.8 Å². The molecule has 0 saturated carbocycles. The Kier molecular flexibility index (Phi) is 4.69. The van der Waals surface area contributed by atoms with Gasteiger partial charge in [0.1, 0.15) is 0 Å². The van der Waals surface area contributed by atoms with Crippen molar-refractivity contribution >= 4 is 16.8 Å². The van der Waals surface area contributed by atoms with Crippen molar-refractivity contribution in [3.05, 3.63) is 70.8 Å². The number of aromatic carboxylic acids is 1. The van der Waals surface area contributed by atoms with E-state index in [0.717, 1.165) is 16.7 Å². The Balaban J connectivity index is 1.99. The van der Waals surface area contributed by atoms with Crippen LogP contribution in [0.25, 0.3) is 0 Å². The lowest BCUT2D eigenvalue weighted by Crippen LogP contribution is -2.01. The first-order valence-corrected chi connectivity index (χ1v) is 7.76. The van der Waals surface area contributed by atoms with Crippen molar-refractivity contribution in [3.8, 4) is 0 Å². The molecule has 2 aromatic rings. The normalized spacial score (nSPS) is 12.1. The van der Waals surface area contributed by atoms with E-state index in [4.69, 9.17) is 5.11 Å². The van der Waals surface area contributed by atoms with Gasteiger partial charge in [-0.1, -0.05) is 42.0 Å². The van der Waals surface area contributed by atoms with Gasteiger partial charge in [-0.2, -0.15) is 0 Å². The molecular formula is C16H16O3S. The Labute approximate surface area is 120 Å². The predicted molar refractivity (Wildman–Crippen MR) is 80.1 cm³/mol. The second kappa shape index (κ2) is 6.48. The average Bonchev–Trinajstić information content (AvgIpc) is 2.39. The van der Waals surface area contributed by atoms with Gasteiger partial charge in [-0.25, -0.2) is 4.79 Å². The SMILES string of the molecule is Cc1cccc(CS(=O)Cc2ccc(C(=O)O)cc2)c1. The van der Waals surface area contributed by atoms with Crippen LogP contribution in [0.5, 0.6) is 0 Å². The molecular weight excluding hydrogens is 272 g/mol. The van der Waals surface area contributed by atoms with E-state index in [9.17, 15) is 9.00 Å². The lowest BCUT2D eigenvalue weighted by atomic mass is 10.1. The zero-order valence-corrected chi connectivity index (χ0v) is 12.0. The molecule has 2 rings (SSSR count). The zero-order valence-electron chi connectivity index (χ0n) is 11.2. The number of hydrogen-bond acceptors (Lipinski definition) is 2. The summed E-state index contributed by atoms with van der Waals surface area (Å²) < 4.78 is 12.1. The first-order chi connectivity index (χ1) is 9.54. The molecule has 0 amide bonds. The second-order valence-corrected chi connectivity index (χ2v) is 6.18. The van der Waals surface area contributed by atoms with Crippen molar-refractivity contribution in [1.82, 2.24) is 0 Å². The summed E-state index contributed by atoms with van der Waals surface area (Å²) in [5.41, 5.74) is 3.36. The van der Waals surface area contributed by atoms with Crippen LogP contribution in [0.3, 0.4) is 0 Å². The molecule has 0 aliphatic carbocycles. The number of hydrogen-bond donors (Lipinski definition) is 1. The maximum Gasteiger partial charge on any atom is 0.335 e. The molecule has 2 aromatic carbocycles. The van der Waals surface area contributed by atoms with Crippen LogP contribution in [-0.4, -0.2) is 15.3 Å². The van der Waals surface area contributed by atoms with Gasteiger partial charge in [0, 0.05) is 22.3 Å². The Bertz CT molecular complexity index is 632. The van der Waals surface area contributed by atoms with Crippen LogP contribution < -0.4 is 0 Å². The minimum absolute atomic E-state index is 0.248. The highest BCUT2D eigenvalue weighted by Crippen LogP contribution is 2.12. The van der Waals surface area contributed by atoms with E-state index in [1.807, 2.05) is 31.2 Å². The van der Waals surface area contributed by atoms with E-state index in [2.05, 4.69) is 0 Å². The molecule has 0 fully saturated rings. The van der Waals surface area contributed by atoms with Crippen molar-refractivity contribution < 1.29 is 14.1 Å². The number of carboxylic acids is 1. The first-order valence-electron chi connectivity index (χ1n) is 6.27. The Morgan fingerprint density at radius 1 is 1.05 bits per heavy atom. The fourth-order valence-corrected chi connectivity index (χ4v) is 3.19. The summed E-state index contributed by atoms with van der Waals surface area (Å²) >= 11 is 0. The van der Waals surface area contributed by atoms with Crippen LogP contribution in [0.2, 0.25) is 0 Å². The van der Waals surface area contributed by atoms with Gasteiger partial charge in [-0.15, -0.1) is 0 Å². The predicted octanol–water partition coefficient (Wildman–Crippen LogP) is 3.14. The van der Waals surface area contributed by atoms with Gasteiger partial charge in [0.05, 0.1) is 5.56 Å². The second-order valence-electron chi connectivity index (χ2n) is 4.72. The summed E-state index contributed by atoms with van der Waals surface area (Å²) in [4.78, 5) is 10.7. The van der Waals surface area contributed by atoms with E-state index in [1.165, 1.54) is 0 Å². The lowest BCUT2D eigenvalue weighted by Gasteiger charge is -2.04. The molecule has 0 aliphatic rings.